The van der Waals surface area contributed by atoms with Gasteiger partial charge in [0.25, 0.3) is 0 Å². The van der Waals surface area contributed by atoms with E-state index < -0.39 is 0 Å². The van der Waals surface area contributed by atoms with Gasteiger partial charge in [-0.1, -0.05) is 115 Å². The fourth-order valence-electron chi connectivity index (χ4n) is 6.42. The summed E-state index contributed by atoms with van der Waals surface area (Å²) in [7, 11) is -0.198. The summed E-state index contributed by atoms with van der Waals surface area (Å²) < 4.78 is 0. The largest absolute Gasteiger partial charge is 0.0655 e. The minimum absolute atomic E-state index is 0.198. The Morgan fingerprint density at radius 1 is 0.571 bits per heavy atom. The molecule has 2 aliphatic rings. The summed E-state index contributed by atoms with van der Waals surface area (Å²) in [5, 5.41) is 0. The molecular weight excluding hydrogens is 436 g/mol. The number of fused-ring (bicyclic) bond motifs is 2. The molecule has 0 radical (unpaired) electrons. The molecule has 0 aliphatic heterocycles. The molecule has 0 nitrogen and oxygen atoms in total. The van der Waals surface area contributed by atoms with Gasteiger partial charge in [-0.15, -0.1) is 0 Å². The van der Waals surface area contributed by atoms with Crippen molar-refractivity contribution in [3.63, 3.8) is 0 Å². The average molecular weight is 485 g/mol. The van der Waals surface area contributed by atoms with E-state index in [0.29, 0.717) is 35.5 Å². The van der Waals surface area contributed by atoms with E-state index in [1.165, 1.54) is 23.2 Å². The van der Waals surface area contributed by atoms with E-state index in [0.717, 1.165) is 0 Å². The zero-order valence-electron chi connectivity index (χ0n) is 24.0. The Bertz CT molecular complexity index is 1060. The van der Waals surface area contributed by atoms with Crippen LogP contribution in [0.25, 0.3) is 12.2 Å². The maximum Gasteiger partial charge on any atom is 0.0218 e. The Labute approximate surface area is 218 Å². The fourth-order valence-corrected chi connectivity index (χ4v) is 9.00. The van der Waals surface area contributed by atoms with Crippen LogP contribution < -0.4 is 0 Å². The van der Waals surface area contributed by atoms with Crippen molar-refractivity contribution in [3.8, 4) is 0 Å². The first-order valence-electron chi connectivity index (χ1n) is 14.2. The van der Waals surface area contributed by atoms with Gasteiger partial charge in [0.2, 0.25) is 0 Å². The van der Waals surface area contributed by atoms with Gasteiger partial charge in [-0.3, -0.25) is 0 Å². The van der Waals surface area contributed by atoms with Crippen LogP contribution in [-0.4, -0.2) is 9.52 Å². The Morgan fingerprint density at radius 2 is 0.943 bits per heavy atom. The molecule has 0 spiro atoms. The molecule has 0 heterocycles. The lowest BCUT2D eigenvalue weighted by molar-refractivity contribution is 0.811. The topological polar surface area (TPSA) is 0 Å². The van der Waals surface area contributed by atoms with Crippen LogP contribution in [0.4, 0.5) is 0 Å². The normalized spacial score (nSPS) is 19.5. The lowest BCUT2D eigenvalue weighted by Gasteiger charge is -2.22. The van der Waals surface area contributed by atoms with Crippen molar-refractivity contribution in [2.75, 3.05) is 0 Å². The van der Waals surface area contributed by atoms with E-state index in [9.17, 15) is 0 Å². The first-order valence-corrected chi connectivity index (χ1v) is 16.2. The highest BCUT2D eigenvalue weighted by Crippen LogP contribution is 2.46. The second-order valence-electron chi connectivity index (χ2n) is 12.7. The second kappa shape index (κ2) is 10.2. The van der Waals surface area contributed by atoms with Crippen LogP contribution in [0.5, 0.6) is 0 Å². The van der Waals surface area contributed by atoms with Gasteiger partial charge in [-0.25, -0.2) is 0 Å². The molecule has 0 aromatic heterocycles. The molecule has 0 saturated carbocycles. The van der Waals surface area contributed by atoms with E-state index in [1.807, 2.05) is 0 Å². The first-order chi connectivity index (χ1) is 16.5. The van der Waals surface area contributed by atoms with E-state index in [2.05, 4.69) is 106 Å². The molecule has 2 aromatic carbocycles. The maximum absolute atomic E-state index is 2.55. The summed E-state index contributed by atoms with van der Waals surface area (Å²) in [5.41, 5.74) is 15.7. The van der Waals surface area contributed by atoms with Gasteiger partial charge in [0.15, 0.2) is 0 Å². The quantitative estimate of drug-likeness (QED) is 0.327. The molecule has 35 heavy (non-hydrogen) atoms. The highest BCUT2D eigenvalue weighted by Gasteiger charge is 2.29. The molecule has 4 rings (SSSR count). The van der Waals surface area contributed by atoms with Crippen molar-refractivity contribution in [2.45, 2.75) is 117 Å². The lowest BCUT2D eigenvalue weighted by atomic mass is 9.87. The molecule has 1 heteroatoms. The van der Waals surface area contributed by atoms with Crippen LogP contribution in [0.1, 0.15) is 149 Å². The third kappa shape index (κ3) is 5.04. The SMILES string of the molecule is CC1=Cc2c(C(C)C)cc(C(C)C)cc2C1C[SiH2]CC1C(C)=Cc2c(C(C)C)cc(C(C)C)cc21. The van der Waals surface area contributed by atoms with Crippen LogP contribution in [-0.2, 0) is 0 Å². The fraction of sp³-hybridized carbons (Fsp3) is 0.529. The number of hydrogen-bond acceptors (Lipinski definition) is 0. The van der Waals surface area contributed by atoms with Gasteiger partial charge in [-0.2, -0.15) is 0 Å². The molecule has 0 saturated heterocycles. The number of allylic oxidation sites excluding steroid dienone is 2. The van der Waals surface area contributed by atoms with E-state index >= 15 is 0 Å². The maximum atomic E-state index is 2.55. The van der Waals surface area contributed by atoms with Crippen molar-refractivity contribution >= 4 is 21.7 Å². The van der Waals surface area contributed by atoms with Crippen molar-refractivity contribution in [3.05, 3.63) is 79.9 Å². The van der Waals surface area contributed by atoms with Crippen molar-refractivity contribution in [2.24, 2.45) is 0 Å². The van der Waals surface area contributed by atoms with E-state index in [4.69, 9.17) is 0 Å². The average Bonchev–Trinajstić information content (AvgIpc) is 3.27. The molecule has 188 valence electrons. The molecule has 0 bridgehead atoms. The summed E-state index contributed by atoms with van der Waals surface area (Å²) in [6.07, 6.45) is 5.04. The van der Waals surface area contributed by atoms with Gasteiger partial charge >= 0.3 is 0 Å². The first kappa shape index (κ1) is 26.2. The lowest BCUT2D eigenvalue weighted by Crippen LogP contribution is -2.09. The Balaban J connectivity index is 1.57. The van der Waals surface area contributed by atoms with Crippen LogP contribution >= 0.6 is 0 Å². The molecule has 0 fully saturated rings. The van der Waals surface area contributed by atoms with Crippen LogP contribution in [0, 0.1) is 0 Å². The zero-order valence-corrected chi connectivity index (χ0v) is 25.5. The van der Waals surface area contributed by atoms with E-state index in [-0.39, 0.29) is 9.52 Å². The molecule has 2 atom stereocenters. The zero-order chi connectivity index (χ0) is 25.6. The second-order valence-corrected chi connectivity index (χ2v) is 14.5. The van der Waals surface area contributed by atoms with Crippen molar-refractivity contribution in [1.29, 1.82) is 0 Å². The molecule has 2 aromatic rings. The Morgan fingerprint density at radius 3 is 1.26 bits per heavy atom. The van der Waals surface area contributed by atoms with Crippen molar-refractivity contribution in [1.82, 2.24) is 0 Å². The highest BCUT2D eigenvalue weighted by atomic mass is 28.2. The van der Waals surface area contributed by atoms with Crippen LogP contribution in [0.15, 0.2) is 35.4 Å². The molecule has 0 N–H and O–H groups in total. The Kier molecular flexibility index (Phi) is 7.67. The monoisotopic (exact) mass is 484 g/mol. The van der Waals surface area contributed by atoms with Gasteiger partial charge in [0.05, 0.1) is 0 Å². The molecular formula is C34H48Si. The summed E-state index contributed by atoms with van der Waals surface area (Å²) >= 11 is 0. The van der Waals surface area contributed by atoms with Crippen LogP contribution in [0.2, 0.25) is 12.1 Å². The minimum Gasteiger partial charge on any atom is -0.0655 e. The third-order valence-corrected chi connectivity index (χ3v) is 10.7. The van der Waals surface area contributed by atoms with Gasteiger partial charge < -0.3 is 0 Å². The predicted molar refractivity (Wildman–Crippen MR) is 160 cm³/mol. The number of benzene rings is 2. The molecule has 2 unspecified atom stereocenters. The standard InChI is InChI=1S/C34H48Si/c1-19(2)25-13-27(21(5)6)29-11-23(9)33(31(29)15-25)17-35-18-34-24(10)12-30-28(22(7)8)14-26(20(3)4)16-32(30)34/h11-16,19-22,33-34H,17-18,35H2,1-10H3. The molecule has 2 aliphatic carbocycles. The summed E-state index contributed by atoms with van der Waals surface area (Å²) in [6, 6.07) is 12.9. The van der Waals surface area contributed by atoms with Gasteiger partial charge in [0, 0.05) is 21.4 Å². The third-order valence-electron chi connectivity index (χ3n) is 8.69. The highest BCUT2D eigenvalue weighted by molar-refractivity contribution is 6.36. The number of hydrogen-bond donors (Lipinski definition) is 0. The van der Waals surface area contributed by atoms with Crippen LogP contribution in [0.3, 0.4) is 0 Å². The molecule has 0 amide bonds. The van der Waals surface area contributed by atoms with Crippen molar-refractivity contribution < 1.29 is 0 Å². The minimum atomic E-state index is -0.198. The van der Waals surface area contributed by atoms with Gasteiger partial charge in [-0.05, 0) is 82.0 Å². The summed E-state index contributed by atoms with van der Waals surface area (Å²) in [5.74, 6) is 3.62. The Hall–Kier alpha value is -1.86. The summed E-state index contributed by atoms with van der Waals surface area (Å²) in [4.78, 5) is 0. The predicted octanol–water partition coefficient (Wildman–Crippen LogP) is 9.89. The number of rotatable bonds is 8. The van der Waals surface area contributed by atoms with Gasteiger partial charge in [0.1, 0.15) is 0 Å². The van der Waals surface area contributed by atoms with E-state index in [1.54, 1.807) is 44.5 Å². The smallest absolute Gasteiger partial charge is 0.0218 e. The summed E-state index contributed by atoms with van der Waals surface area (Å²) in [6.45, 7) is 23.6.